The van der Waals surface area contributed by atoms with E-state index in [1.807, 2.05) is 13.0 Å². The summed E-state index contributed by atoms with van der Waals surface area (Å²) in [6, 6.07) is 0. The molecule has 7 heavy (non-hydrogen) atoms. The van der Waals surface area contributed by atoms with Crippen molar-refractivity contribution in [2.24, 2.45) is 0 Å². The summed E-state index contributed by atoms with van der Waals surface area (Å²) in [4.78, 5) is 0. The van der Waals surface area contributed by atoms with E-state index in [4.69, 9.17) is 6.58 Å². The zero-order valence-corrected chi connectivity index (χ0v) is 7.49. The zero-order chi connectivity index (χ0) is 4.12. The van der Waals surface area contributed by atoms with Crippen LogP contribution in [0.25, 0.3) is 0 Å². The van der Waals surface area contributed by atoms with Gasteiger partial charge in [0.25, 0.3) is 0 Å². The van der Waals surface area contributed by atoms with Gasteiger partial charge in [-0.25, -0.2) is 12.2 Å². The van der Waals surface area contributed by atoms with Crippen molar-refractivity contribution in [3.05, 3.63) is 24.8 Å². The van der Waals surface area contributed by atoms with Crippen molar-refractivity contribution in [2.75, 3.05) is 0 Å². The zero-order valence-electron chi connectivity index (χ0n) is 4.22. The summed E-state index contributed by atoms with van der Waals surface area (Å²) in [6.07, 6.45) is 5.15. The molecule has 0 bridgehead atoms. The van der Waals surface area contributed by atoms with Crippen LogP contribution in [0.5, 0.6) is 0 Å². The quantitative estimate of drug-likeness (QED) is 0.443. The van der Waals surface area contributed by atoms with Crippen LogP contribution in [0.1, 0.15) is 6.92 Å². The first-order valence-electron chi connectivity index (χ1n) is 1.58. The topological polar surface area (TPSA) is 0 Å². The van der Waals surface area contributed by atoms with E-state index in [1.165, 1.54) is 6.08 Å². The number of hydrogen-bond donors (Lipinski definition) is 0. The van der Waals surface area contributed by atoms with Gasteiger partial charge in [-0.05, 0) is 0 Å². The standard InChI is InChI=1S/C5H7.ClH.Zr/c1-3-5-4-2;;/h1,3-5H,2H3;1H;/q-1;;. The molecule has 0 aliphatic heterocycles. The Morgan fingerprint density at radius 3 is 1.86 bits per heavy atom. The van der Waals surface area contributed by atoms with Crippen LogP contribution in [0.15, 0.2) is 18.2 Å². The number of halogens is 1. The Kier molecular flexibility index (Phi) is 35.6. The molecular formula is C5H8ClZr-. The molecule has 0 radical (unpaired) electrons. The molecule has 0 unspecified atom stereocenters. The summed E-state index contributed by atoms with van der Waals surface area (Å²) in [5, 5.41) is 0. The fourth-order valence-corrected chi connectivity index (χ4v) is 0.111. The molecule has 0 aromatic heterocycles. The second-order valence-corrected chi connectivity index (χ2v) is 0.718. The van der Waals surface area contributed by atoms with Crippen LogP contribution < -0.4 is 0 Å². The second kappa shape index (κ2) is 15.9. The molecule has 0 aliphatic rings. The van der Waals surface area contributed by atoms with Crippen molar-refractivity contribution in [2.45, 2.75) is 6.92 Å². The average molecular weight is 195 g/mol. The monoisotopic (exact) mass is 193 g/mol. The van der Waals surface area contributed by atoms with Gasteiger partial charge in [0.05, 0.1) is 0 Å². The van der Waals surface area contributed by atoms with Crippen LogP contribution in [0.4, 0.5) is 0 Å². The molecule has 0 fully saturated rings. The summed E-state index contributed by atoms with van der Waals surface area (Å²) < 4.78 is 0. The van der Waals surface area contributed by atoms with E-state index in [-0.39, 0.29) is 38.6 Å². The minimum absolute atomic E-state index is 0. The van der Waals surface area contributed by atoms with Crippen molar-refractivity contribution >= 4 is 12.4 Å². The summed E-state index contributed by atoms with van der Waals surface area (Å²) >= 11 is 0. The molecule has 0 atom stereocenters. The Labute approximate surface area is 70.2 Å². The van der Waals surface area contributed by atoms with Gasteiger partial charge in [0.1, 0.15) is 0 Å². The summed E-state index contributed by atoms with van der Waals surface area (Å²) in [7, 11) is 0. The third-order valence-electron chi connectivity index (χ3n) is 0.304. The van der Waals surface area contributed by atoms with Crippen LogP contribution in [-0.4, -0.2) is 0 Å². The molecular weight excluding hydrogens is 187 g/mol. The van der Waals surface area contributed by atoms with Gasteiger partial charge < -0.3 is 0 Å². The predicted octanol–water partition coefficient (Wildman–Crippen LogP) is 1.97. The summed E-state index contributed by atoms with van der Waals surface area (Å²) in [5.41, 5.74) is 0. The average Bonchev–Trinajstić information content (AvgIpc) is 1.41. The van der Waals surface area contributed by atoms with Crippen molar-refractivity contribution in [3.63, 3.8) is 0 Å². The van der Waals surface area contributed by atoms with Gasteiger partial charge in [-0.3, -0.25) is 6.58 Å². The molecule has 0 amide bonds. The molecule has 0 nitrogen and oxygen atoms in total. The molecule has 0 rings (SSSR count). The Hall–Kier alpha value is 0.653. The van der Waals surface area contributed by atoms with E-state index in [1.54, 1.807) is 6.08 Å². The van der Waals surface area contributed by atoms with Crippen LogP contribution in [0, 0.1) is 6.58 Å². The van der Waals surface area contributed by atoms with Gasteiger partial charge in [0.2, 0.25) is 0 Å². The van der Waals surface area contributed by atoms with Gasteiger partial charge in [0.15, 0.2) is 0 Å². The molecule has 0 saturated carbocycles. The molecule has 40 valence electrons. The maximum absolute atomic E-state index is 4.93. The summed E-state index contributed by atoms with van der Waals surface area (Å²) in [6.45, 7) is 6.85. The number of rotatable bonds is 1. The van der Waals surface area contributed by atoms with Gasteiger partial charge in [0, 0.05) is 26.2 Å². The fourth-order valence-electron chi connectivity index (χ4n) is 0.111. The first-order valence-corrected chi connectivity index (χ1v) is 1.58. The Bertz CT molecular complexity index is 50.0. The maximum atomic E-state index is 4.93. The molecule has 0 saturated heterocycles. The predicted molar refractivity (Wildman–Crippen MR) is 30.9 cm³/mol. The number of allylic oxidation sites excluding steroid dienone is 3. The van der Waals surface area contributed by atoms with Crippen molar-refractivity contribution in [1.29, 1.82) is 0 Å². The van der Waals surface area contributed by atoms with Crippen LogP contribution in [0.3, 0.4) is 0 Å². The van der Waals surface area contributed by atoms with E-state index in [9.17, 15) is 0 Å². The van der Waals surface area contributed by atoms with Gasteiger partial charge in [-0.2, -0.15) is 6.08 Å². The van der Waals surface area contributed by atoms with Crippen LogP contribution in [-0.2, 0) is 26.2 Å². The normalized spacial score (nSPS) is 6.43. The molecule has 0 heterocycles. The van der Waals surface area contributed by atoms with Crippen LogP contribution in [0.2, 0.25) is 0 Å². The Morgan fingerprint density at radius 1 is 1.43 bits per heavy atom. The minimum Gasteiger partial charge on any atom is -0.293 e. The Morgan fingerprint density at radius 2 is 1.86 bits per heavy atom. The molecule has 0 aromatic carbocycles. The van der Waals surface area contributed by atoms with Gasteiger partial charge >= 0.3 is 0 Å². The first kappa shape index (κ1) is 15.6. The van der Waals surface area contributed by atoms with Crippen molar-refractivity contribution < 1.29 is 26.2 Å². The van der Waals surface area contributed by atoms with Gasteiger partial charge in [-0.1, -0.05) is 6.92 Å². The van der Waals surface area contributed by atoms with Crippen molar-refractivity contribution in [1.82, 2.24) is 0 Å². The second-order valence-electron chi connectivity index (χ2n) is 0.718. The third-order valence-corrected chi connectivity index (χ3v) is 0.304. The fraction of sp³-hybridized carbons (Fsp3) is 0.200. The molecule has 0 spiro atoms. The molecule has 0 N–H and O–H groups in total. The minimum atomic E-state index is 0. The summed E-state index contributed by atoms with van der Waals surface area (Å²) in [5.74, 6) is 0. The first-order chi connectivity index (χ1) is 2.41. The van der Waals surface area contributed by atoms with E-state index < -0.39 is 0 Å². The maximum Gasteiger partial charge on any atom is 0 e. The Balaban J connectivity index is -0.0000000800. The van der Waals surface area contributed by atoms with E-state index in [2.05, 4.69) is 0 Å². The van der Waals surface area contributed by atoms with Crippen LogP contribution >= 0.6 is 12.4 Å². The van der Waals surface area contributed by atoms with E-state index >= 15 is 0 Å². The SMILES string of the molecule is Cl.[CH-]=CC=CC.[Zr]. The molecule has 0 aliphatic carbocycles. The van der Waals surface area contributed by atoms with Crippen molar-refractivity contribution in [3.8, 4) is 0 Å². The number of hydrogen-bond acceptors (Lipinski definition) is 0. The van der Waals surface area contributed by atoms with Gasteiger partial charge in [-0.15, -0.1) is 12.4 Å². The largest absolute Gasteiger partial charge is 0.293 e. The third kappa shape index (κ3) is 20.5. The molecule has 0 aromatic rings. The molecule has 2 heteroatoms. The van der Waals surface area contributed by atoms with E-state index in [0.29, 0.717) is 0 Å². The van der Waals surface area contributed by atoms with E-state index in [0.717, 1.165) is 0 Å². The smallest absolute Gasteiger partial charge is 0 e.